The highest BCUT2D eigenvalue weighted by Crippen LogP contribution is 2.34. The summed E-state index contributed by atoms with van der Waals surface area (Å²) < 4.78 is 39.6. The molecule has 2 aliphatic heterocycles. The molecule has 7 nitrogen and oxygen atoms in total. The Hall–Kier alpha value is -3.56. The summed E-state index contributed by atoms with van der Waals surface area (Å²) in [4.78, 5) is 33.3. The second-order valence-corrected chi connectivity index (χ2v) is 7.56. The number of anilines is 2. The molecular weight excluding hydrogens is 423 g/mol. The lowest BCUT2D eigenvalue weighted by molar-refractivity contribution is -0.137. The lowest BCUT2D eigenvalue weighted by Gasteiger charge is -2.38. The van der Waals surface area contributed by atoms with Gasteiger partial charge < -0.3 is 15.1 Å². The molecule has 1 saturated heterocycles. The van der Waals surface area contributed by atoms with Crippen LogP contribution >= 0.6 is 0 Å². The van der Waals surface area contributed by atoms with E-state index in [2.05, 4.69) is 20.5 Å². The number of piperazine rings is 1. The minimum absolute atomic E-state index is 0.229. The molecule has 0 bridgehead atoms. The quantitative estimate of drug-likeness (QED) is 0.762. The van der Waals surface area contributed by atoms with Crippen molar-refractivity contribution < 1.29 is 22.8 Å². The molecule has 32 heavy (non-hydrogen) atoms. The Morgan fingerprint density at radius 2 is 1.59 bits per heavy atom. The molecular formula is C22H22F3N5O2. The van der Waals surface area contributed by atoms with Crippen molar-refractivity contribution in [3.05, 3.63) is 60.2 Å². The van der Waals surface area contributed by atoms with Gasteiger partial charge in [-0.15, -0.1) is 0 Å². The van der Waals surface area contributed by atoms with Gasteiger partial charge in [0.1, 0.15) is 6.04 Å². The second-order valence-electron chi connectivity index (χ2n) is 7.56. The standard InChI is InChI=1S/C22H22F3N5O2/c23-22(24,25)16-8-4-5-9-17(16)26-20(32)18-14-19(31)28-21(27-18)30-12-10-29(11-13-30)15-6-2-1-3-7-15/h1-9,18H,10-14H2,(H,26,32)(H,27,28,31)/t18-/m0/s1. The summed E-state index contributed by atoms with van der Waals surface area (Å²) in [6.07, 6.45) is -4.84. The number of carbonyl (C=O) groups excluding carboxylic acids is 2. The summed E-state index contributed by atoms with van der Waals surface area (Å²) in [5, 5.41) is 4.97. The van der Waals surface area contributed by atoms with E-state index in [4.69, 9.17) is 0 Å². The van der Waals surface area contributed by atoms with Crippen LogP contribution in [0.3, 0.4) is 0 Å². The molecule has 2 heterocycles. The van der Waals surface area contributed by atoms with Crippen LogP contribution in [0.5, 0.6) is 0 Å². The van der Waals surface area contributed by atoms with E-state index in [9.17, 15) is 22.8 Å². The number of nitrogens with one attached hydrogen (secondary N) is 2. The molecule has 2 aromatic carbocycles. The molecule has 0 saturated carbocycles. The number of guanidine groups is 1. The van der Waals surface area contributed by atoms with Gasteiger partial charge in [0.2, 0.25) is 17.8 Å². The zero-order chi connectivity index (χ0) is 22.7. The Morgan fingerprint density at radius 1 is 0.969 bits per heavy atom. The first-order valence-electron chi connectivity index (χ1n) is 10.2. The number of rotatable bonds is 3. The van der Waals surface area contributed by atoms with Gasteiger partial charge in [-0.05, 0) is 24.3 Å². The van der Waals surface area contributed by atoms with Crippen molar-refractivity contribution in [2.45, 2.75) is 18.6 Å². The topological polar surface area (TPSA) is 77.0 Å². The molecule has 2 aliphatic rings. The number of aliphatic imine (C=N–C) groups is 1. The smallest absolute Gasteiger partial charge is 0.368 e. The third-order valence-corrected chi connectivity index (χ3v) is 5.40. The molecule has 1 fully saturated rings. The first kappa shape index (κ1) is 21.7. The molecule has 2 N–H and O–H groups in total. The lowest BCUT2D eigenvalue weighted by Crippen LogP contribution is -2.56. The van der Waals surface area contributed by atoms with E-state index in [1.807, 2.05) is 35.2 Å². The molecule has 0 spiro atoms. The van der Waals surface area contributed by atoms with Crippen molar-refractivity contribution in [1.82, 2.24) is 10.2 Å². The summed E-state index contributed by atoms with van der Waals surface area (Å²) >= 11 is 0. The average Bonchev–Trinajstić information content (AvgIpc) is 2.79. The summed E-state index contributed by atoms with van der Waals surface area (Å²) in [6.45, 7) is 2.57. The van der Waals surface area contributed by atoms with Crippen molar-refractivity contribution >= 4 is 29.1 Å². The number of hydrogen-bond donors (Lipinski definition) is 2. The maximum Gasteiger partial charge on any atom is 0.418 e. The van der Waals surface area contributed by atoms with Crippen molar-refractivity contribution in [3.8, 4) is 0 Å². The number of halogens is 3. The molecule has 1 atom stereocenters. The van der Waals surface area contributed by atoms with E-state index in [1.54, 1.807) is 0 Å². The van der Waals surface area contributed by atoms with Crippen molar-refractivity contribution in [2.24, 2.45) is 4.99 Å². The highest BCUT2D eigenvalue weighted by atomic mass is 19.4. The number of hydrogen-bond acceptors (Lipinski definition) is 5. The maximum atomic E-state index is 13.2. The highest BCUT2D eigenvalue weighted by molar-refractivity contribution is 6.06. The molecule has 2 aromatic rings. The van der Waals surface area contributed by atoms with Crippen molar-refractivity contribution in [1.29, 1.82) is 0 Å². The number of carbonyl (C=O) groups is 2. The maximum absolute atomic E-state index is 13.2. The molecule has 0 aromatic heterocycles. The van der Waals surface area contributed by atoms with E-state index in [1.165, 1.54) is 18.2 Å². The van der Waals surface area contributed by atoms with Gasteiger partial charge in [0, 0.05) is 31.9 Å². The van der Waals surface area contributed by atoms with Gasteiger partial charge in [0.25, 0.3) is 0 Å². The van der Waals surface area contributed by atoms with Gasteiger partial charge in [-0.1, -0.05) is 30.3 Å². The van der Waals surface area contributed by atoms with E-state index in [0.717, 1.165) is 11.8 Å². The Labute approximate surface area is 182 Å². The molecule has 2 amide bonds. The summed E-state index contributed by atoms with van der Waals surface area (Å²) in [6, 6.07) is 13.5. The molecule has 4 rings (SSSR count). The summed E-state index contributed by atoms with van der Waals surface area (Å²) in [7, 11) is 0. The van der Waals surface area contributed by atoms with Crippen LogP contribution in [0.15, 0.2) is 59.6 Å². The van der Waals surface area contributed by atoms with Crippen LogP contribution in [0.25, 0.3) is 0 Å². The minimum atomic E-state index is -4.61. The fraction of sp³-hybridized carbons (Fsp3) is 0.318. The van der Waals surface area contributed by atoms with Gasteiger partial charge in [-0.3, -0.25) is 14.9 Å². The largest absolute Gasteiger partial charge is 0.418 e. The SMILES string of the molecule is O=C1C[C@@H](C(=O)Nc2ccccc2C(F)(F)F)N=C(N2CCN(c3ccccc3)CC2)N1. The van der Waals surface area contributed by atoms with Gasteiger partial charge in [0.15, 0.2) is 0 Å². The first-order chi connectivity index (χ1) is 15.3. The van der Waals surface area contributed by atoms with Crippen LogP contribution in [0.4, 0.5) is 24.5 Å². The van der Waals surface area contributed by atoms with Crippen molar-refractivity contribution in [2.75, 3.05) is 36.4 Å². The first-order valence-corrected chi connectivity index (χ1v) is 10.2. The highest BCUT2D eigenvalue weighted by Gasteiger charge is 2.35. The van der Waals surface area contributed by atoms with E-state index < -0.39 is 29.6 Å². The predicted octanol–water partition coefficient (Wildman–Crippen LogP) is 2.71. The Bertz CT molecular complexity index is 1020. The lowest BCUT2D eigenvalue weighted by atomic mass is 10.1. The molecule has 0 aliphatic carbocycles. The Kier molecular flexibility index (Phi) is 6.02. The second kappa shape index (κ2) is 8.89. The van der Waals surface area contributed by atoms with E-state index >= 15 is 0 Å². The fourth-order valence-corrected chi connectivity index (χ4v) is 3.76. The number of para-hydroxylation sites is 2. The molecule has 10 heteroatoms. The van der Waals surface area contributed by atoms with E-state index in [-0.39, 0.29) is 18.1 Å². The summed E-state index contributed by atoms with van der Waals surface area (Å²) in [5.41, 5.74) is -0.207. The molecule has 0 radical (unpaired) electrons. The normalized spacial score (nSPS) is 19.3. The number of alkyl halides is 3. The third kappa shape index (κ3) is 4.84. The minimum Gasteiger partial charge on any atom is -0.368 e. The fourth-order valence-electron chi connectivity index (χ4n) is 3.76. The number of amides is 2. The zero-order valence-corrected chi connectivity index (χ0v) is 17.1. The zero-order valence-electron chi connectivity index (χ0n) is 17.1. The van der Waals surface area contributed by atoms with Crippen LogP contribution in [0, 0.1) is 0 Å². The van der Waals surface area contributed by atoms with E-state index in [0.29, 0.717) is 26.2 Å². The number of nitrogens with zero attached hydrogens (tertiary/aromatic N) is 3. The van der Waals surface area contributed by atoms with Crippen molar-refractivity contribution in [3.63, 3.8) is 0 Å². The number of benzene rings is 2. The third-order valence-electron chi connectivity index (χ3n) is 5.40. The van der Waals surface area contributed by atoms with Crippen LogP contribution in [-0.4, -0.2) is 54.9 Å². The predicted molar refractivity (Wildman–Crippen MR) is 114 cm³/mol. The molecule has 168 valence electrons. The Balaban J connectivity index is 1.45. The van der Waals surface area contributed by atoms with Crippen LogP contribution in [0.1, 0.15) is 12.0 Å². The average molecular weight is 445 g/mol. The Morgan fingerprint density at radius 3 is 2.28 bits per heavy atom. The monoisotopic (exact) mass is 445 g/mol. The van der Waals surface area contributed by atoms with Crippen LogP contribution < -0.4 is 15.5 Å². The van der Waals surface area contributed by atoms with Gasteiger partial charge >= 0.3 is 6.18 Å². The van der Waals surface area contributed by atoms with Crippen LogP contribution in [0.2, 0.25) is 0 Å². The van der Waals surface area contributed by atoms with Crippen LogP contribution in [-0.2, 0) is 15.8 Å². The summed E-state index contributed by atoms with van der Waals surface area (Å²) in [5.74, 6) is -0.875. The van der Waals surface area contributed by atoms with Gasteiger partial charge in [-0.2, -0.15) is 13.2 Å². The molecule has 0 unspecified atom stereocenters. The van der Waals surface area contributed by atoms with Gasteiger partial charge in [0.05, 0.1) is 17.7 Å². The van der Waals surface area contributed by atoms with Gasteiger partial charge in [-0.25, -0.2) is 4.99 Å².